The molecule has 0 unspecified atom stereocenters. The van der Waals surface area contributed by atoms with Crippen LogP contribution in [-0.4, -0.2) is 13.7 Å². The highest BCUT2D eigenvalue weighted by atomic mass is 79.9. The lowest BCUT2D eigenvalue weighted by Gasteiger charge is -2.19. The molecule has 84 valence electrons. The summed E-state index contributed by atoms with van der Waals surface area (Å²) in [6.45, 7) is 6.02. The monoisotopic (exact) mass is 271 g/mol. The maximum atomic E-state index is 5.20. The molecular weight excluding hydrogens is 254 g/mol. The normalized spacial score (nSPS) is 13.6. The molecule has 3 heteroatoms. The van der Waals surface area contributed by atoms with Gasteiger partial charge in [-0.05, 0) is 36.2 Å². The summed E-state index contributed by atoms with van der Waals surface area (Å²) >= 11 is 3.57. The fourth-order valence-electron chi connectivity index (χ4n) is 1.66. The first kappa shape index (κ1) is 12.5. The standard InChI is InChI=1S/C10H12BrNO.C2H6/c1-13-8-4-7-6-12-3-2-9(7)10(11)5-8;1-2/h4-5,12H,2-3,6H2,1H3;1-2H3. The quantitative estimate of drug-likeness (QED) is 0.848. The summed E-state index contributed by atoms with van der Waals surface area (Å²) in [6, 6.07) is 4.14. The van der Waals surface area contributed by atoms with Crippen LogP contribution in [0.5, 0.6) is 5.75 Å². The molecule has 0 bridgehead atoms. The van der Waals surface area contributed by atoms with Crippen LogP contribution in [0.2, 0.25) is 0 Å². The molecule has 1 aliphatic rings. The molecular formula is C12H18BrNO. The highest BCUT2D eigenvalue weighted by Gasteiger charge is 2.12. The van der Waals surface area contributed by atoms with Gasteiger partial charge in [0, 0.05) is 11.0 Å². The molecule has 0 spiro atoms. The number of hydrogen-bond donors (Lipinski definition) is 1. The average Bonchev–Trinajstić information content (AvgIpc) is 2.31. The van der Waals surface area contributed by atoms with E-state index < -0.39 is 0 Å². The number of ether oxygens (including phenoxy) is 1. The van der Waals surface area contributed by atoms with Crippen LogP contribution in [0, 0.1) is 0 Å². The van der Waals surface area contributed by atoms with Gasteiger partial charge in [-0.3, -0.25) is 0 Å². The van der Waals surface area contributed by atoms with Crippen molar-refractivity contribution in [1.82, 2.24) is 5.32 Å². The summed E-state index contributed by atoms with van der Waals surface area (Å²) in [4.78, 5) is 0. The van der Waals surface area contributed by atoms with E-state index in [4.69, 9.17) is 4.74 Å². The fourth-order valence-corrected chi connectivity index (χ4v) is 2.34. The minimum Gasteiger partial charge on any atom is -0.497 e. The fraction of sp³-hybridized carbons (Fsp3) is 0.500. The zero-order valence-corrected chi connectivity index (χ0v) is 11.1. The Morgan fingerprint density at radius 3 is 2.73 bits per heavy atom. The zero-order valence-electron chi connectivity index (χ0n) is 9.56. The lowest BCUT2D eigenvalue weighted by atomic mass is 10.0. The largest absolute Gasteiger partial charge is 0.497 e. The van der Waals surface area contributed by atoms with Gasteiger partial charge in [-0.15, -0.1) is 0 Å². The summed E-state index contributed by atoms with van der Waals surface area (Å²) in [5.74, 6) is 0.925. The number of methoxy groups -OCH3 is 1. The molecule has 1 aromatic rings. The number of hydrogen-bond acceptors (Lipinski definition) is 2. The summed E-state index contributed by atoms with van der Waals surface area (Å²) in [6.07, 6.45) is 1.10. The van der Waals surface area contributed by atoms with Crippen LogP contribution in [0.15, 0.2) is 16.6 Å². The van der Waals surface area contributed by atoms with Crippen LogP contribution in [0.3, 0.4) is 0 Å². The Bertz CT molecular complexity index is 326. The van der Waals surface area contributed by atoms with Gasteiger partial charge in [-0.2, -0.15) is 0 Å². The summed E-state index contributed by atoms with van der Waals surface area (Å²) in [5, 5.41) is 3.34. The average molecular weight is 272 g/mol. The predicted octanol–water partition coefficient (Wildman–Crippen LogP) is 3.13. The van der Waals surface area contributed by atoms with Gasteiger partial charge in [0.2, 0.25) is 0 Å². The number of halogens is 1. The van der Waals surface area contributed by atoms with Gasteiger partial charge in [-0.25, -0.2) is 0 Å². The van der Waals surface area contributed by atoms with E-state index in [-0.39, 0.29) is 0 Å². The molecule has 1 heterocycles. The first-order chi connectivity index (χ1) is 7.31. The Kier molecular flexibility index (Phi) is 5.12. The van der Waals surface area contributed by atoms with Crippen LogP contribution < -0.4 is 10.1 Å². The Balaban J connectivity index is 0.000000531. The highest BCUT2D eigenvalue weighted by molar-refractivity contribution is 9.10. The molecule has 1 N–H and O–H groups in total. The second-order valence-corrected chi connectivity index (χ2v) is 4.03. The summed E-state index contributed by atoms with van der Waals surface area (Å²) in [5.41, 5.74) is 2.76. The van der Waals surface area contributed by atoms with E-state index >= 15 is 0 Å². The number of fused-ring (bicyclic) bond motifs is 1. The van der Waals surface area contributed by atoms with E-state index in [0.717, 1.165) is 25.3 Å². The maximum Gasteiger partial charge on any atom is 0.120 e. The van der Waals surface area contributed by atoms with Crippen molar-refractivity contribution in [3.63, 3.8) is 0 Å². The molecule has 0 saturated carbocycles. The van der Waals surface area contributed by atoms with Crippen molar-refractivity contribution >= 4 is 15.9 Å². The lowest BCUT2D eigenvalue weighted by Crippen LogP contribution is -2.23. The van der Waals surface area contributed by atoms with Crippen molar-refractivity contribution in [2.75, 3.05) is 13.7 Å². The van der Waals surface area contributed by atoms with Crippen molar-refractivity contribution < 1.29 is 4.74 Å². The predicted molar refractivity (Wildman–Crippen MR) is 67.5 cm³/mol. The van der Waals surface area contributed by atoms with Crippen molar-refractivity contribution in [2.24, 2.45) is 0 Å². The van der Waals surface area contributed by atoms with Crippen molar-refractivity contribution in [3.05, 3.63) is 27.7 Å². The second-order valence-electron chi connectivity index (χ2n) is 3.17. The highest BCUT2D eigenvalue weighted by Crippen LogP contribution is 2.28. The molecule has 0 aromatic heterocycles. The lowest BCUT2D eigenvalue weighted by molar-refractivity contribution is 0.413. The number of nitrogens with one attached hydrogen (secondary N) is 1. The van der Waals surface area contributed by atoms with E-state index in [2.05, 4.69) is 27.3 Å². The van der Waals surface area contributed by atoms with E-state index in [1.807, 2.05) is 19.9 Å². The third-order valence-electron chi connectivity index (χ3n) is 2.36. The zero-order chi connectivity index (χ0) is 11.3. The van der Waals surface area contributed by atoms with E-state index in [1.54, 1.807) is 7.11 Å². The first-order valence-electron chi connectivity index (χ1n) is 5.37. The molecule has 2 rings (SSSR count). The van der Waals surface area contributed by atoms with Gasteiger partial charge >= 0.3 is 0 Å². The minimum absolute atomic E-state index is 0.925. The Hall–Kier alpha value is -0.540. The van der Waals surface area contributed by atoms with Gasteiger partial charge in [-0.1, -0.05) is 29.8 Å². The van der Waals surface area contributed by atoms with Gasteiger partial charge in [0.1, 0.15) is 5.75 Å². The van der Waals surface area contributed by atoms with Crippen molar-refractivity contribution in [2.45, 2.75) is 26.8 Å². The topological polar surface area (TPSA) is 21.3 Å². The van der Waals surface area contributed by atoms with Crippen molar-refractivity contribution in [1.29, 1.82) is 0 Å². The molecule has 1 aromatic carbocycles. The van der Waals surface area contributed by atoms with E-state index in [9.17, 15) is 0 Å². The van der Waals surface area contributed by atoms with E-state index in [1.165, 1.54) is 15.6 Å². The summed E-state index contributed by atoms with van der Waals surface area (Å²) < 4.78 is 6.37. The molecule has 0 amide bonds. The Morgan fingerprint density at radius 2 is 2.07 bits per heavy atom. The molecule has 0 aliphatic carbocycles. The summed E-state index contributed by atoms with van der Waals surface area (Å²) in [7, 11) is 1.70. The molecule has 0 fully saturated rings. The van der Waals surface area contributed by atoms with Crippen LogP contribution in [0.25, 0.3) is 0 Å². The molecule has 0 radical (unpaired) electrons. The van der Waals surface area contributed by atoms with Crippen LogP contribution in [0.1, 0.15) is 25.0 Å². The number of benzene rings is 1. The molecule has 15 heavy (non-hydrogen) atoms. The Labute approximate surface area is 100 Å². The second kappa shape index (κ2) is 6.13. The van der Waals surface area contributed by atoms with Gasteiger partial charge < -0.3 is 10.1 Å². The van der Waals surface area contributed by atoms with Crippen molar-refractivity contribution in [3.8, 4) is 5.75 Å². The van der Waals surface area contributed by atoms with Crippen LogP contribution >= 0.6 is 15.9 Å². The van der Waals surface area contributed by atoms with Gasteiger partial charge in [0.05, 0.1) is 7.11 Å². The van der Waals surface area contributed by atoms with Gasteiger partial charge in [0.15, 0.2) is 0 Å². The third kappa shape index (κ3) is 2.95. The molecule has 0 saturated heterocycles. The smallest absolute Gasteiger partial charge is 0.120 e. The first-order valence-corrected chi connectivity index (χ1v) is 6.16. The Morgan fingerprint density at radius 1 is 1.33 bits per heavy atom. The molecule has 0 atom stereocenters. The molecule has 2 nitrogen and oxygen atoms in total. The maximum absolute atomic E-state index is 5.20. The molecule has 1 aliphatic heterocycles. The minimum atomic E-state index is 0.925. The van der Waals surface area contributed by atoms with Crippen LogP contribution in [-0.2, 0) is 13.0 Å². The third-order valence-corrected chi connectivity index (χ3v) is 3.07. The van der Waals surface area contributed by atoms with Gasteiger partial charge in [0.25, 0.3) is 0 Å². The van der Waals surface area contributed by atoms with E-state index in [0.29, 0.717) is 0 Å². The van der Waals surface area contributed by atoms with Crippen LogP contribution in [0.4, 0.5) is 0 Å². The number of rotatable bonds is 1. The SMILES string of the molecule is CC.COc1cc(Br)c2c(c1)CNCC2.